The van der Waals surface area contributed by atoms with Gasteiger partial charge in [0.05, 0.1) is 0 Å². The van der Waals surface area contributed by atoms with Gasteiger partial charge in [0.15, 0.2) is 0 Å². The van der Waals surface area contributed by atoms with Crippen LogP contribution in [0.5, 0.6) is 0 Å². The van der Waals surface area contributed by atoms with E-state index < -0.39 is 0 Å². The molecule has 2 N–H and O–H groups in total. The first kappa shape index (κ1) is 7.22. The van der Waals surface area contributed by atoms with Gasteiger partial charge in [0, 0.05) is 18.4 Å². The highest BCUT2D eigenvalue weighted by Crippen LogP contribution is 2.09. The molecule has 1 aromatic heterocycles. The number of hydrogen-bond donors (Lipinski definition) is 1. The molecule has 0 amide bonds. The maximum absolute atomic E-state index is 5.70. The molecule has 0 saturated carbocycles. The molecule has 1 atom stereocenters. The Morgan fingerprint density at radius 1 is 1.70 bits per heavy atom. The van der Waals surface area contributed by atoms with E-state index in [0.717, 1.165) is 5.56 Å². The lowest BCUT2D eigenvalue weighted by Crippen LogP contribution is -2.08. The number of nitrogens with two attached hydrogens (primary N) is 1. The SMILES string of the molecule is C[CH]C(N)c1cccnc1. The van der Waals surface area contributed by atoms with Crippen molar-refractivity contribution in [3.8, 4) is 0 Å². The Kier molecular flexibility index (Phi) is 2.40. The summed E-state index contributed by atoms with van der Waals surface area (Å²) in [5.74, 6) is 0. The average Bonchev–Trinajstić information content (AvgIpc) is 2.05. The van der Waals surface area contributed by atoms with Gasteiger partial charge in [-0.1, -0.05) is 13.0 Å². The largest absolute Gasteiger partial charge is 0.324 e. The molecule has 0 fully saturated rings. The molecular weight excluding hydrogens is 124 g/mol. The van der Waals surface area contributed by atoms with Crippen molar-refractivity contribution >= 4 is 0 Å². The summed E-state index contributed by atoms with van der Waals surface area (Å²) in [6.45, 7) is 1.94. The summed E-state index contributed by atoms with van der Waals surface area (Å²) in [6.07, 6.45) is 5.47. The zero-order valence-electron chi connectivity index (χ0n) is 5.99. The van der Waals surface area contributed by atoms with Gasteiger partial charge < -0.3 is 5.73 Å². The van der Waals surface area contributed by atoms with E-state index in [1.165, 1.54) is 0 Å². The molecular formula is C8H11N2. The van der Waals surface area contributed by atoms with Gasteiger partial charge >= 0.3 is 0 Å². The monoisotopic (exact) mass is 135 g/mol. The van der Waals surface area contributed by atoms with Crippen LogP contribution in [-0.2, 0) is 0 Å². The lowest BCUT2D eigenvalue weighted by atomic mass is 10.1. The molecule has 1 rings (SSSR count). The summed E-state index contributed by atoms with van der Waals surface area (Å²) in [7, 11) is 0. The molecule has 1 heterocycles. The van der Waals surface area contributed by atoms with E-state index in [0.29, 0.717) is 0 Å². The predicted octanol–water partition coefficient (Wildman–Crippen LogP) is 1.31. The van der Waals surface area contributed by atoms with Crippen LogP contribution in [0.2, 0.25) is 0 Å². The van der Waals surface area contributed by atoms with Crippen LogP contribution in [0.15, 0.2) is 24.5 Å². The molecule has 2 nitrogen and oxygen atoms in total. The summed E-state index contributed by atoms with van der Waals surface area (Å²) in [5.41, 5.74) is 6.76. The number of rotatable bonds is 2. The number of nitrogens with zero attached hydrogens (tertiary/aromatic N) is 1. The molecule has 53 valence electrons. The fourth-order valence-electron chi connectivity index (χ4n) is 0.766. The minimum atomic E-state index is 0.0219. The van der Waals surface area contributed by atoms with Crippen molar-refractivity contribution in [1.82, 2.24) is 4.98 Å². The zero-order chi connectivity index (χ0) is 7.40. The van der Waals surface area contributed by atoms with Gasteiger partial charge in [0.2, 0.25) is 0 Å². The summed E-state index contributed by atoms with van der Waals surface area (Å²) in [4.78, 5) is 3.95. The van der Waals surface area contributed by atoms with Gasteiger partial charge in [0.25, 0.3) is 0 Å². The smallest absolute Gasteiger partial charge is 0.0339 e. The van der Waals surface area contributed by atoms with Gasteiger partial charge in [-0.2, -0.15) is 0 Å². The molecule has 1 unspecified atom stereocenters. The number of aromatic nitrogens is 1. The van der Waals surface area contributed by atoms with Crippen molar-refractivity contribution < 1.29 is 0 Å². The van der Waals surface area contributed by atoms with E-state index in [9.17, 15) is 0 Å². The van der Waals surface area contributed by atoms with Gasteiger partial charge in [-0.3, -0.25) is 4.98 Å². The van der Waals surface area contributed by atoms with Crippen molar-refractivity contribution in [2.75, 3.05) is 0 Å². The van der Waals surface area contributed by atoms with Crippen LogP contribution in [0.4, 0.5) is 0 Å². The van der Waals surface area contributed by atoms with Crippen LogP contribution >= 0.6 is 0 Å². The lowest BCUT2D eigenvalue weighted by Gasteiger charge is -2.05. The van der Waals surface area contributed by atoms with Gasteiger partial charge in [-0.25, -0.2) is 0 Å². The summed E-state index contributed by atoms with van der Waals surface area (Å²) in [5, 5.41) is 0. The molecule has 0 aliphatic heterocycles. The van der Waals surface area contributed by atoms with Crippen molar-refractivity contribution in [2.45, 2.75) is 13.0 Å². The Morgan fingerprint density at radius 2 is 2.50 bits per heavy atom. The van der Waals surface area contributed by atoms with Crippen LogP contribution in [0.1, 0.15) is 18.5 Å². The topological polar surface area (TPSA) is 38.9 Å². The molecule has 1 aromatic rings. The van der Waals surface area contributed by atoms with Crippen LogP contribution in [0, 0.1) is 6.42 Å². The number of hydrogen-bond acceptors (Lipinski definition) is 2. The average molecular weight is 135 g/mol. The minimum Gasteiger partial charge on any atom is -0.324 e. The van der Waals surface area contributed by atoms with Crippen LogP contribution in [0.25, 0.3) is 0 Å². The van der Waals surface area contributed by atoms with Crippen molar-refractivity contribution in [1.29, 1.82) is 0 Å². The Hall–Kier alpha value is -0.890. The van der Waals surface area contributed by atoms with Crippen molar-refractivity contribution in [2.24, 2.45) is 5.73 Å². The molecule has 1 radical (unpaired) electrons. The van der Waals surface area contributed by atoms with E-state index in [2.05, 4.69) is 4.98 Å². The summed E-state index contributed by atoms with van der Waals surface area (Å²) < 4.78 is 0. The molecule has 10 heavy (non-hydrogen) atoms. The highest BCUT2D eigenvalue weighted by atomic mass is 14.7. The standard InChI is InChI=1S/C8H11N2/c1-2-8(9)7-4-3-5-10-6-7/h2-6,8H,9H2,1H3. The Bertz CT molecular complexity index is 184. The van der Waals surface area contributed by atoms with Gasteiger partial charge in [0.1, 0.15) is 0 Å². The Balaban J connectivity index is 2.75. The second-order valence-electron chi connectivity index (χ2n) is 2.15. The van der Waals surface area contributed by atoms with E-state index >= 15 is 0 Å². The minimum absolute atomic E-state index is 0.0219. The highest BCUT2D eigenvalue weighted by molar-refractivity contribution is 5.15. The molecule has 2 heteroatoms. The third-order valence-corrected chi connectivity index (χ3v) is 1.43. The van der Waals surface area contributed by atoms with Crippen LogP contribution in [0.3, 0.4) is 0 Å². The molecule has 0 aliphatic carbocycles. The van der Waals surface area contributed by atoms with E-state index in [4.69, 9.17) is 5.73 Å². The zero-order valence-corrected chi connectivity index (χ0v) is 5.99. The first-order chi connectivity index (χ1) is 4.84. The third-order valence-electron chi connectivity index (χ3n) is 1.43. The fraction of sp³-hybridized carbons (Fsp3) is 0.250. The second kappa shape index (κ2) is 3.32. The maximum Gasteiger partial charge on any atom is 0.0339 e. The fourth-order valence-corrected chi connectivity index (χ4v) is 0.766. The van der Waals surface area contributed by atoms with Gasteiger partial charge in [-0.15, -0.1) is 0 Å². The lowest BCUT2D eigenvalue weighted by molar-refractivity contribution is 0.833. The highest BCUT2D eigenvalue weighted by Gasteiger charge is 2.00. The molecule has 0 aromatic carbocycles. The Morgan fingerprint density at radius 3 is 3.00 bits per heavy atom. The van der Waals surface area contributed by atoms with Crippen molar-refractivity contribution in [3.05, 3.63) is 36.5 Å². The molecule has 0 bridgehead atoms. The Labute approximate surface area is 61.1 Å². The maximum atomic E-state index is 5.70. The van der Waals surface area contributed by atoms with Gasteiger partial charge in [-0.05, 0) is 18.1 Å². The summed E-state index contributed by atoms with van der Waals surface area (Å²) in [6, 6.07) is 3.88. The van der Waals surface area contributed by atoms with E-state index in [1.807, 2.05) is 25.5 Å². The van der Waals surface area contributed by atoms with Crippen LogP contribution < -0.4 is 5.73 Å². The third kappa shape index (κ3) is 1.54. The molecule has 0 saturated heterocycles. The first-order valence-electron chi connectivity index (χ1n) is 3.29. The second-order valence-corrected chi connectivity index (χ2v) is 2.15. The van der Waals surface area contributed by atoms with Crippen LogP contribution in [-0.4, -0.2) is 4.98 Å². The normalized spacial score (nSPS) is 13.0. The molecule has 0 spiro atoms. The predicted molar refractivity (Wildman–Crippen MR) is 41.1 cm³/mol. The van der Waals surface area contributed by atoms with E-state index in [1.54, 1.807) is 12.4 Å². The van der Waals surface area contributed by atoms with E-state index in [-0.39, 0.29) is 6.04 Å². The number of pyridine rings is 1. The van der Waals surface area contributed by atoms with Crippen molar-refractivity contribution in [3.63, 3.8) is 0 Å². The first-order valence-corrected chi connectivity index (χ1v) is 3.29. The molecule has 0 aliphatic rings. The quantitative estimate of drug-likeness (QED) is 0.664. The summed E-state index contributed by atoms with van der Waals surface area (Å²) >= 11 is 0.